The predicted molar refractivity (Wildman–Crippen MR) is 69.4 cm³/mol. The van der Waals surface area contributed by atoms with Crippen LogP contribution in [0.5, 0.6) is 0 Å². The van der Waals surface area contributed by atoms with Crippen molar-refractivity contribution in [1.82, 2.24) is 0 Å². The van der Waals surface area contributed by atoms with Gasteiger partial charge in [0.1, 0.15) is 6.04 Å². The van der Waals surface area contributed by atoms with Crippen molar-refractivity contribution < 1.29 is 9.90 Å². The van der Waals surface area contributed by atoms with Crippen LogP contribution >= 0.6 is 0 Å². The fourth-order valence-corrected chi connectivity index (χ4v) is 1.71. The highest BCUT2D eigenvalue weighted by atomic mass is 16.4. The number of nitrogens with one attached hydrogen (secondary N) is 1. The monoisotopic (exact) mass is 236 g/mol. The Labute approximate surface area is 102 Å². The first-order valence-corrected chi connectivity index (χ1v) is 5.75. The molecule has 0 amide bonds. The molecule has 0 aliphatic heterocycles. The first kappa shape index (κ1) is 13.5. The molecule has 1 atom stereocenters. The van der Waals surface area contributed by atoms with Crippen molar-refractivity contribution in [1.29, 1.82) is 0 Å². The molecule has 17 heavy (non-hydrogen) atoms. The molecule has 1 aromatic rings. The fraction of sp³-hybridized carbons (Fsp3) is 0.462. The summed E-state index contributed by atoms with van der Waals surface area (Å²) in [6.07, 6.45) is 0. The summed E-state index contributed by atoms with van der Waals surface area (Å²) in [5, 5.41) is 11.9. The van der Waals surface area contributed by atoms with Gasteiger partial charge < -0.3 is 16.2 Å². The van der Waals surface area contributed by atoms with Gasteiger partial charge in [0.15, 0.2) is 0 Å². The second kappa shape index (κ2) is 5.68. The molecule has 0 aliphatic carbocycles. The Morgan fingerprint density at radius 3 is 2.65 bits per heavy atom. The summed E-state index contributed by atoms with van der Waals surface area (Å²) in [5.74, 6) is -0.601. The standard InChI is InChI=1S/C13H20N2O2/c1-8(2)10-6-4-5-9(3)12(10)15-7-11(14)13(16)17/h4-6,8,11,15H,7,14H2,1-3H3,(H,16,17). The van der Waals surface area contributed by atoms with E-state index in [4.69, 9.17) is 10.8 Å². The normalized spacial score (nSPS) is 12.5. The summed E-state index contributed by atoms with van der Waals surface area (Å²) >= 11 is 0. The molecule has 0 spiro atoms. The van der Waals surface area contributed by atoms with Crippen LogP contribution in [0, 0.1) is 6.92 Å². The Bertz CT molecular complexity index is 402. The number of aliphatic carboxylic acids is 1. The third-order valence-electron chi connectivity index (χ3n) is 2.74. The Hall–Kier alpha value is -1.55. The third-order valence-corrected chi connectivity index (χ3v) is 2.74. The molecule has 4 heteroatoms. The first-order chi connectivity index (χ1) is 7.93. The average molecular weight is 236 g/mol. The average Bonchev–Trinajstić information content (AvgIpc) is 2.26. The number of carboxylic acids is 1. The number of benzene rings is 1. The number of hydrogen-bond acceptors (Lipinski definition) is 3. The Balaban J connectivity index is 2.86. The van der Waals surface area contributed by atoms with Crippen LogP contribution in [0.3, 0.4) is 0 Å². The van der Waals surface area contributed by atoms with E-state index in [9.17, 15) is 4.79 Å². The molecule has 0 bridgehead atoms. The van der Waals surface area contributed by atoms with Gasteiger partial charge >= 0.3 is 5.97 Å². The zero-order valence-corrected chi connectivity index (χ0v) is 10.5. The van der Waals surface area contributed by atoms with Gasteiger partial charge in [0.05, 0.1) is 0 Å². The number of para-hydroxylation sites is 1. The lowest BCUT2D eigenvalue weighted by atomic mass is 9.98. The molecule has 1 rings (SSSR count). The van der Waals surface area contributed by atoms with Crippen LogP contribution in [0.1, 0.15) is 30.9 Å². The van der Waals surface area contributed by atoms with E-state index in [1.165, 1.54) is 5.56 Å². The minimum Gasteiger partial charge on any atom is -0.480 e. The van der Waals surface area contributed by atoms with Crippen molar-refractivity contribution >= 4 is 11.7 Å². The topological polar surface area (TPSA) is 75.3 Å². The summed E-state index contributed by atoms with van der Waals surface area (Å²) in [5.41, 5.74) is 8.77. The van der Waals surface area contributed by atoms with Crippen LogP contribution in [-0.2, 0) is 4.79 Å². The molecule has 0 saturated heterocycles. The highest BCUT2D eigenvalue weighted by Crippen LogP contribution is 2.27. The lowest BCUT2D eigenvalue weighted by molar-refractivity contribution is -0.138. The molecule has 0 aromatic heterocycles. The van der Waals surface area contributed by atoms with Gasteiger partial charge in [0, 0.05) is 12.2 Å². The number of anilines is 1. The van der Waals surface area contributed by atoms with Crippen molar-refractivity contribution in [3.05, 3.63) is 29.3 Å². The maximum atomic E-state index is 10.7. The van der Waals surface area contributed by atoms with Crippen LogP contribution in [0.4, 0.5) is 5.69 Å². The summed E-state index contributed by atoms with van der Waals surface area (Å²) < 4.78 is 0. The van der Waals surface area contributed by atoms with E-state index in [0.717, 1.165) is 11.3 Å². The number of rotatable bonds is 5. The molecule has 94 valence electrons. The summed E-state index contributed by atoms with van der Waals surface area (Å²) in [7, 11) is 0. The molecule has 1 unspecified atom stereocenters. The highest BCUT2D eigenvalue weighted by molar-refractivity contribution is 5.74. The number of carbonyl (C=O) groups is 1. The molecule has 0 fully saturated rings. The minimum atomic E-state index is -0.989. The van der Waals surface area contributed by atoms with Gasteiger partial charge in [0.2, 0.25) is 0 Å². The van der Waals surface area contributed by atoms with Gasteiger partial charge in [-0.1, -0.05) is 32.0 Å². The molecule has 0 heterocycles. The molecule has 4 nitrogen and oxygen atoms in total. The summed E-state index contributed by atoms with van der Waals surface area (Å²) in [6, 6.07) is 5.18. The smallest absolute Gasteiger partial charge is 0.322 e. The maximum Gasteiger partial charge on any atom is 0.322 e. The van der Waals surface area contributed by atoms with Gasteiger partial charge in [-0.2, -0.15) is 0 Å². The number of hydrogen-bond donors (Lipinski definition) is 3. The minimum absolute atomic E-state index is 0.236. The van der Waals surface area contributed by atoms with Crippen LogP contribution in [-0.4, -0.2) is 23.7 Å². The first-order valence-electron chi connectivity index (χ1n) is 5.75. The Kier molecular flexibility index (Phi) is 4.52. The van der Waals surface area contributed by atoms with Crippen LogP contribution in [0.2, 0.25) is 0 Å². The highest BCUT2D eigenvalue weighted by Gasteiger charge is 2.13. The van der Waals surface area contributed by atoms with Crippen LogP contribution in [0.25, 0.3) is 0 Å². The zero-order chi connectivity index (χ0) is 13.0. The van der Waals surface area contributed by atoms with E-state index in [1.54, 1.807) is 0 Å². The van der Waals surface area contributed by atoms with E-state index in [-0.39, 0.29) is 6.54 Å². The molecule has 1 aromatic carbocycles. The lowest BCUT2D eigenvalue weighted by Gasteiger charge is -2.18. The zero-order valence-electron chi connectivity index (χ0n) is 10.5. The molecule has 4 N–H and O–H groups in total. The number of aryl methyl sites for hydroxylation is 1. The summed E-state index contributed by atoms with van der Waals surface area (Å²) in [6.45, 7) is 6.45. The number of nitrogens with two attached hydrogens (primary N) is 1. The molecular formula is C13H20N2O2. The van der Waals surface area contributed by atoms with Gasteiger partial charge in [-0.25, -0.2) is 0 Å². The van der Waals surface area contributed by atoms with Gasteiger partial charge in [-0.15, -0.1) is 0 Å². The second-order valence-corrected chi connectivity index (χ2v) is 4.52. The van der Waals surface area contributed by atoms with Gasteiger partial charge in [-0.05, 0) is 24.0 Å². The predicted octanol–water partition coefficient (Wildman–Crippen LogP) is 1.94. The molecule has 0 saturated carbocycles. The van der Waals surface area contributed by atoms with Gasteiger partial charge in [-0.3, -0.25) is 4.79 Å². The largest absolute Gasteiger partial charge is 0.480 e. The SMILES string of the molecule is Cc1cccc(C(C)C)c1NCC(N)C(=O)O. The molecular weight excluding hydrogens is 216 g/mol. The van der Waals surface area contributed by atoms with Gasteiger partial charge in [0.25, 0.3) is 0 Å². The molecule has 0 radical (unpaired) electrons. The van der Waals surface area contributed by atoms with E-state index in [1.807, 2.05) is 25.1 Å². The Morgan fingerprint density at radius 2 is 2.12 bits per heavy atom. The van der Waals surface area contributed by atoms with Crippen molar-refractivity contribution in [2.75, 3.05) is 11.9 Å². The van der Waals surface area contributed by atoms with Crippen molar-refractivity contribution in [3.8, 4) is 0 Å². The van der Waals surface area contributed by atoms with Crippen molar-refractivity contribution in [2.24, 2.45) is 5.73 Å². The van der Waals surface area contributed by atoms with Crippen LogP contribution < -0.4 is 11.1 Å². The maximum absolute atomic E-state index is 10.7. The molecule has 0 aliphatic rings. The Morgan fingerprint density at radius 1 is 1.47 bits per heavy atom. The van der Waals surface area contributed by atoms with Crippen LogP contribution in [0.15, 0.2) is 18.2 Å². The quantitative estimate of drug-likeness (QED) is 0.730. The van der Waals surface area contributed by atoms with E-state index >= 15 is 0 Å². The lowest BCUT2D eigenvalue weighted by Crippen LogP contribution is -2.37. The number of carboxylic acid groups (broad SMARTS) is 1. The van der Waals surface area contributed by atoms with Crippen molar-refractivity contribution in [2.45, 2.75) is 32.7 Å². The van der Waals surface area contributed by atoms with E-state index < -0.39 is 12.0 Å². The third kappa shape index (κ3) is 3.46. The fourth-order valence-electron chi connectivity index (χ4n) is 1.71. The summed E-state index contributed by atoms with van der Waals surface area (Å²) in [4.78, 5) is 10.7. The van der Waals surface area contributed by atoms with Crippen molar-refractivity contribution in [3.63, 3.8) is 0 Å². The van der Waals surface area contributed by atoms with E-state index in [2.05, 4.69) is 19.2 Å². The van der Waals surface area contributed by atoms with E-state index in [0.29, 0.717) is 5.92 Å². The second-order valence-electron chi connectivity index (χ2n) is 4.52.